The zero-order chi connectivity index (χ0) is 17.9. The maximum absolute atomic E-state index is 10.3. The number of phenolic OH excluding ortho intramolecular Hbond substituents is 1. The summed E-state index contributed by atoms with van der Waals surface area (Å²) in [7, 11) is 0. The van der Waals surface area contributed by atoms with E-state index in [2.05, 4.69) is 0 Å². The maximum atomic E-state index is 10.3. The van der Waals surface area contributed by atoms with Gasteiger partial charge in [-0.05, 0) is 17.7 Å². The summed E-state index contributed by atoms with van der Waals surface area (Å²) in [6.45, 7) is -1.24. The molecule has 1 fully saturated rings. The van der Waals surface area contributed by atoms with Gasteiger partial charge in [0, 0.05) is 0 Å². The molecule has 2 rings (SSSR count). The summed E-state index contributed by atoms with van der Waals surface area (Å²) in [6, 6.07) is 5.56. The van der Waals surface area contributed by atoms with E-state index in [-0.39, 0.29) is 5.75 Å². The Labute approximate surface area is 137 Å². The first-order valence-corrected chi connectivity index (χ1v) is 7.42. The van der Waals surface area contributed by atoms with Crippen LogP contribution >= 0.6 is 0 Å². The smallest absolute Gasteiger partial charge is 0.187 e. The second kappa shape index (κ2) is 8.19. The van der Waals surface area contributed by atoms with Crippen molar-refractivity contribution in [3.63, 3.8) is 0 Å². The van der Waals surface area contributed by atoms with Gasteiger partial charge in [0.25, 0.3) is 0 Å². The Balaban J connectivity index is 2.09. The molecule has 7 atom stereocenters. The van der Waals surface area contributed by atoms with E-state index in [0.29, 0.717) is 5.56 Å². The molecule has 0 bridgehead atoms. The van der Waals surface area contributed by atoms with Gasteiger partial charge in [-0.3, -0.25) is 0 Å². The van der Waals surface area contributed by atoms with E-state index in [1.165, 1.54) is 24.3 Å². The zero-order valence-corrected chi connectivity index (χ0v) is 12.7. The Kier molecular flexibility index (Phi) is 6.49. The van der Waals surface area contributed by atoms with Gasteiger partial charge in [-0.2, -0.15) is 0 Å². The molecule has 136 valence electrons. The second-order valence-corrected chi connectivity index (χ2v) is 5.59. The van der Waals surface area contributed by atoms with Gasteiger partial charge >= 0.3 is 0 Å². The molecule has 1 aromatic rings. The predicted octanol–water partition coefficient (Wildman–Crippen LogP) is -2.40. The minimum atomic E-state index is -1.64. The molecule has 9 nitrogen and oxygen atoms in total. The number of ether oxygens (including phenoxy) is 2. The Morgan fingerprint density at radius 3 is 2.17 bits per heavy atom. The largest absolute Gasteiger partial charge is 0.508 e. The van der Waals surface area contributed by atoms with Gasteiger partial charge in [-0.1, -0.05) is 12.1 Å². The molecular weight excluding hydrogens is 324 g/mol. The van der Waals surface area contributed by atoms with Crippen molar-refractivity contribution >= 4 is 0 Å². The van der Waals surface area contributed by atoms with Crippen molar-refractivity contribution in [2.24, 2.45) is 0 Å². The molecule has 1 heterocycles. The molecule has 24 heavy (non-hydrogen) atoms. The molecule has 0 unspecified atom stereocenters. The normalized spacial score (nSPS) is 33.2. The van der Waals surface area contributed by atoms with Crippen LogP contribution in [0.3, 0.4) is 0 Å². The first-order valence-electron chi connectivity index (χ1n) is 7.42. The SMILES string of the molecule is OC[C@H](O[C@H]1O[C@H](CO)[C@@H](O)[C@H](O)[C@H]1O)[C@H](O)c1ccc(O)cc1. The highest BCUT2D eigenvalue weighted by Gasteiger charge is 2.45. The van der Waals surface area contributed by atoms with Gasteiger partial charge < -0.3 is 45.2 Å². The van der Waals surface area contributed by atoms with Crippen LogP contribution in [0.1, 0.15) is 11.7 Å². The number of aromatic hydroxyl groups is 1. The van der Waals surface area contributed by atoms with Crippen LogP contribution in [0.25, 0.3) is 0 Å². The molecule has 0 aliphatic carbocycles. The average Bonchev–Trinajstić information content (AvgIpc) is 2.59. The molecule has 0 aromatic heterocycles. The van der Waals surface area contributed by atoms with E-state index < -0.39 is 56.1 Å². The average molecular weight is 346 g/mol. The third-order valence-electron chi connectivity index (χ3n) is 3.92. The number of hydrogen-bond acceptors (Lipinski definition) is 9. The third-order valence-corrected chi connectivity index (χ3v) is 3.92. The highest BCUT2D eigenvalue weighted by molar-refractivity contribution is 5.27. The Morgan fingerprint density at radius 2 is 1.62 bits per heavy atom. The molecule has 1 aliphatic heterocycles. The fraction of sp³-hybridized carbons (Fsp3) is 0.600. The summed E-state index contributed by atoms with van der Waals surface area (Å²) in [4.78, 5) is 0. The van der Waals surface area contributed by atoms with Crippen LogP contribution in [0.2, 0.25) is 0 Å². The van der Waals surface area contributed by atoms with Crippen molar-refractivity contribution in [3.8, 4) is 5.75 Å². The van der Waals surface area contributed by atoms with Crippen molar-refractivity contribution in [2.75, 3.05) is 13.2 Å². The van der Waals surface area contributed by atoms with E-state index in [1.807, 2.05) is 0 Å². The molecule has 0 radical (unpaired) electrons. The predicted molar refractivity (Wildman–Crippen MR) is 78.8 cm³/mol. The molecule has 0 saturated carbocycles. The van der Waals surface area contributed by atoms with Gasteiger partial charge in [-0.15, -0.1) is 0 Å². The lowest BCUT2D eigenvalue weighted by molar-refractivity contribution is -0.319. The maximum Gasteiger partial charge on any atom is 0.187 e. The summed E-state index contributed by atoms with van der Waals surface area (Å²) in [5.74, 6) is 0.00125. The molecule has 1 aliphatic rings. The minimum absolute atomic E-state index is 0.00125. The Morgan fingerprint density at radius 1 is 1.00 bits per heavy atom. The highest BCUT2D eigenvalue weighted by atomic mass is 16.7. The van der Waals surface area contributed by atoms with E-state index in [4.69, 9.17) is 14.6 Å². The number of hydrogen-bond donors (Lipinski definition) is 7. The Hall–Kier alpha value is -1.30. The summed E-state index contributed by atoms with van der Waals surface area (Å²) < 4.78 is 10.5. The third kappa shape index (κ3) is 4.02. The zero-order valence-electron chi connectivity index (χ0n) is 12.7. The van der Waals surface area contributed by atoms with E-state index in [9.17, 15) is 30.6 Å². The summed E-state index contributed by atoms with van der Waals surface area (Å²) in [5.41, 5.74) is 0.344. The standard InChI is InChI=1S/C15H22O9/c16-5-9(11(19)7-1-3-8(18)4-2-7)23-15-14(22)13(21)12(20)10(6-17)24-15/h1-4,9-22H,5-6H2/t9-,10+,11+,12+,13-,14+,15-/m0/s1. The van der Waals surface area contributed by atoms with Crippen molar-refractivity contribution in [3.05, 3.63) is 29.8 Å². The first kappa shape index (κ1) is 19.0. The van der Waals surface area contributed by atoms with Crippen LogP contribution in [0.5, 0.6) is 5.75 Å². The van der Waals surface area contributed by atoms with Crippen LogP contribution in [0.4, 0.5) is 0 Å². The fourth-order valence-corrected chi connectivity index (χ4v) is 2.46. The number of rotatable bonds is 6. The van der Waals surface area contributed by atoms with Crippen LogP contribution in [-0.4, -0.2) is 85.8 Å². The number of aliphatic hydroxyl groups excluding tert-OH is 6. The minimum Gasteiger partial charge on any atom is -0.508 e. The van der Waals surface area contributed by atoms with Crippen LogP contribution in [0.15, 0.2) is 24.3 Å². The molecular formula is C15H22O9. The summed E-state index contributed by atoms with van der Waals surface area (Å²) in [5, 5.41) is 67.4. The molecule has 0 spiro atoms. The summed E-state index contributed by atoms with van der Waals surface area (Å²) >= 11 is 0. The lowest BCUT2D eigenvalue weighted by atomic mass is 9.99. The van der Waals surface area contributed by atoms with Gasteiger partial charge in [0.15, 0.2) is 6.29 Å². The molecule has 1 saturated heterocycles. The lowest BCUT2D eigenvalue weighted by Crippen LogP contribution is -2.60. The van der Waals surface area contributed by atoms with Gasteiger partial charge in [-0.25, -0.2) is 0 Å². The Bertz CT molecular complexity index is 506. The molecule has 0 amide bonds. The van der Waals surface area contributed by atoms with Gasteiger partial charge in [0.2, 0.25) is 0 Å². The van der Waals surface area contributed by atoms with Crippen LogP contribution in [0, 0.1) is 0 Å². The molecule has 9 heteroatoms. The molecule has 7 N–H and O–H groups in total. The topological polar surface area (TPSA) is 160 Å². The van der Waals surface area contributed by atoms with Gasteiger partial charge in [0.05, 0.1) is 13.2 Å². The number of benzene rings is 1. The summed E-state index contributed by atoms with van der Waals surface area (Å²) in [6.07, 6.45) is -9.92. The van der Waals surface area contributed by atoms with Crippen molar-refractivity contribution < 1.29 is 45.2 Å². The molecule has 1 aromatic carbocycles. The van der Waals surface area contributed by atoms with Crippen molar-refractivity contribution in [1.82, 2.24) is 0 Å². The van der Waals surface area contributed by atoms with Crippen LogP contribution < -0.4 is 0 Å². The van der Waals surface area contributed by atoms with Crippen molar-refractivity contribution in [2.45, 2.75) is 42.9 Å². The lowest BCUT2D eigenvalue weighted by Gasteiger charge is -2.41. The van der Waals surface area contributed by atoms with E-state index >= 15 is 0 Å². The fourth-order valence-electron chi connectivity index (χ4n) is 2.46. The number of phenols is 1. The highest BCUT2D eigenvalue weighted by Crippen LogP contribution is 2.27. The van der Waals surface area contributed by atoms with E-state index in [0.717, 1.165) is 0 Å². The van der Waals surface area contributed by atoms with Crippen molar-refractivity contribution in [1.29, 1.82) is 0 Å². The number of aliphatic hydroxyl groups is 6. The van der Waals surface area contributed by atoms with Gasteiger partial charge in [0.1, 0.15) is 42.4 Å². The monoisotopic (exact) mass is 346 g/mol. The van der Waals surface area contributed by atoms with E-state index in [1.54, 1.807) is 0 Å². The quantitative estimate of drug-likeness (QED) is 0.298. The van der Waals surface area contributed by atoms with Crippen LogP contribution in [-0.2, 0) is 9.47 Å². The first-order chi connectivity index (χ1) is 11.4. The second-order valence-electron chi connectivity index (χ2n) is 5.59.